The van der Waals surface area contributed by atoms with E-state index in [1.165, 1.54) is 7.05 Å². The number of nitrogens with zero attached hydrogens (tertiary/aromatic N) is 2. The molecule has 0 saturated carbocycles. The van der Waals surface area contributed by atoms with Crippen molar-refractivity contribution < 1.29 is 18.5 Å². The minimum Gasteiger partial charge on any atom is -0.505 e. The van der Waals surface area contributed by atoms with Crippen LogP contribution >= 0.6 is 0 Å². The lowest BCUT2D eigenvalue weighted by atomic mass is 10.0. The molecule has 2 aromatic rings. The second kappa shape index (κ2) is 9.34. The van der Waals surface area contributed by atoms with Gasteiger partial charge in [-0.3, -0.25) is 4.79 Å². The van der Waals surface area contributed by atoms with E-state index in [4.69, 9.17) is 4.42 Å². The highest BCUT2D eigenvalue weighted by atomic mass is 32.2. The number of carbonyl (C=O) groups is 1. The highest BCUT2D eigenvalue weighted by Gasteiger charge is 2.26. The Morgan fingerprint density at radius 1 is 1.26 bits per heavy atom. The molecule has 0 fully saturated rings. The number of rotatable bonds is 6. The van der Waals surface area contributed by atoms with Gasteiger partial charge >= 0.3 is 0 Å². The van der Waals surface area contributed by atoms with Gasteiger partial charge in [-0.25, -0.2) is 4.21 Å². The molecule has 4 N–H and O–H groups in total. The van der Waals surface area contributed by atoms with E-state index < -0.39 is 17.1 Å². The van der Waals surface area contributed by atoms with E-state index in [9.17, 15) is 14.1 Å². The topological polar surface area (TPSA) is 128 Å². The second-order valence-corrected chi connectivity index (χ2v) is 8.34. The number of phenolic OH excluding ortho intramolecular Hbond substituents is 1. The summed E-state index contributed by atoms with van der Waals surface area (Å²) in [5.41, 5.74) is 2.12. The minimum absolute atomic E-state index is 0.155. The zero-order chi connectivity index (χ0) is 22.7. The summed E-state index contributed by atoms with van der Waals surface area (Å²) < 4.78 is 25.8. The number of amides is 1. The summed E-state index contributed by atoms with van der Waals surface area (Å²) in [6, 6.07) is 5.11. The van der Waals surface area contributed by atoms with Crippen molar-refractivity contribution >= 4 is 34.4 Å². The van der Waals surface area contributed by atoms with Crippen LogP contribution in [-0.2, 0) is 11.2 Å². The van der Waals surface area contributed by atoms with Gasteiger partial charge in [-0.05, 0) is 42.5 Å². The third-order valence-electron chi connectivity index (χ3n) is 5.03. The number of hydrogen-bond donors (Lipinski definition) is 4. The number of hydrogen-bond acceptors (Lipinski definition) is 6. The Hall–Kier alpha value is -3.14. The molecular weight excluding hydrogens is 418 g/mol. The largest absolute Gasteiger partial charge is 0.505 e. The van der Waals surface area contributed by atoms with Crippen molar-refractivity contribution in [2.24, 2.45) is 8.80 Å². The molecule has 1 amide bonds. The fourth-order valence-electron chi connectivity index (χ4n) is 3.17. The molecule has 3 rings (SSSR count). The molecule has 166 valence electrons. The van der Waals surface area contributed by atoms with Gasteiger partial charge in [0, 0.05) is 7.05 Å². The van der Waals surface area contributed by atoms with Gasteiger partial charge in [-0.2, -0.15) is 0 Å². The SMILES string of the molecule is CC[C@@H](NC1=NS(=O)N=C1Nc1ccc(C)c(C(=O)NC)c1O)c1cc(C(C)C)co1. The van der Waals surface area contributed by atoms with Gasteiger partial charge in [0.25, 0.3) is 17.1 Å². The highest BCUT2D eigenvalue weighted by molar-refractivity contribution is 7.83. The van der Waals surface area contributed by atoms with Crippen molar-refractivity contribution in [1.29, 1.82) is 0 Å². The van der Waals surface area contributed by atoms with Crippen LogP contribution in [0.4, 0.5) is 5.69 Å². The molecule has 1 aliphatic heterocycles. The van der Waals surface area contributed by atoms with E-state index in [0.29, 0.717) is 17.9 Å². The van der Waals surface area contributed by atoms with Crippen LogP contribution in [0.25, 0.3) is 0 Å². The van der Waals surface area contributed by atoms with Gasteiger partial charge in [0.1, 0.15) is 5.76 Å². The smallest absolute Gasteiger partial charge is 0.269 e. The number of furan rings is 1. The average molecular weight is 446 g/mol. The van der Waals surface area contributed by atoms with Crippen LogP contribution in [0.5, 0.6) is 5.75 Å². The lowest BCUT2D eigenvalue weighted by Gasteiger charge is -2.18. The van der Waals surface area contributed by atoms with Crippen LogP contribution in [0.2, 0.25) is 0 Å². The Morgan fingerprint density at radius 3 is 2.58 bits per heavy atom. The van der Waals surface area contributed by atoms with Crippen molar-refractivity contribution in [2.75, 3.05) is 12.4 Å². The summed E-state index contributed by atoms with van der Waals surface area (Å²) in [4.78, 5) is 12.1. The van der Waals surface area contributed by atoms with Gasteiger partial charge < -0.3 is 25.5 Å². The number of aromatic hydroxyl groups is 1. The number of aryl methyl sites for hydroxylation is 1. The maximum absolute atomic E-state index is 12.1. The van der Waals surface area contributed by atoms with Gasteiger partial charge in [0.15, 0.2) is 17.4 Å². The quantitative estimate of drug-likeness (QED) is 0.505. The molecule has 9 nitrogen and oxygen atoms in total. The zero-order valence-electron chi connectivity index (χ0n) is 18.1. The third kappa shape index (κ3) is 4.79. The molecule has 2 heterocycles. The maximum atomic E-state index is 12.1. The molecule has 31 heavy (non-hydrogen) atoms. The van der Waals surface area contributed by atoms with Gasteiger partial charge in [0.2, 0.25) is 0 Å². The highest BCUT2D eigenvalue weighted by Crippen LogP contribution is 2.31. The molecule has 1 aromatic heterocycles. The van der Waals surface area contributed by atoms with Crippen molar-refractivity contribution in [3.63, 3.8) is 0 Å². The lowest BCUT2D eigenvalue weighted by Crippen LogP contribution is -2.36. The van der Waals surface area contributed by atoms with E-state index in [1.807, 2.05) is 13.0 Å². The van der Waals surface area contributed by atoms with E-state index >= 15 is 0 Å². The minimum atomic E-state index is -1.80. The monoisotopic (exact) mass is 445 g/mol. The van der Waals surface area contributed by atoms with Crippen LogP contribution in [-0.4, -0.2) is 33.9 Å². The summed E-state index contributed by atoms with van der Waals surface area (Å²) >= 11 is -1.80. The number of carbonyl (C=O) groups excluding carboxylic acids is 1. The zero-order valence-corrected chi connectivity index (χ0v) is 19.0. The van der Waals surface area contributed by atoms with Crippen LogP contribution < -0.4 is 16.0 Å². The number of nitrogens with one attached hydrogen (secondary N) is 3. The molecule has 0 spiro atoms. The molecule has 10 heteroatoms. The standard InChI is InChI=1S/C21H27N5O4S/c1-6-14(16-9-13(10-30-16)11(2)3)23-19-20(26-31(29)25-19)24-15-8-7-12(4)17(18(15)27)21(28)22-5/h7-11,14,27H,6H2,1-5H3,(H,22,28)(H,23,25)(H,24,26)/t14-,31?/m1/s1. The first-order valence-corrected chi connectivity index (χ1v) is 11.1. The number of phenols is 1. The van der Waals surface area contributed by atoms with Crippen molar-refractivity contribution in [3.05, 3.63) is 46.9 Å². The van der Waals surface area contributed by atoms with Crippen molar-refractivity contribution in [1.82, 2.24) is 10.6 Å². The Bertz CT molecular complexity index is 1070. The third-order valence-corrected chi connectivity index (χ3v) is 5.70. The summed E-state index contributed by atoms with van der Waals surface area (Å²) in [6.45, 7) is 7.89. The molecule has 0 aliphatic carbocycles. The normalized spacial score (nSPS) is 16.6. The average Bonchev–Trinajstić information content (AvgIpc) is 3.35. The van der Waals surface area contributed by atoms with E-state index in [0.717, 1.165) is 11.3 Å². The Kier molecular flexibility index (Phi) is 6.79. The van der Waals surface area contributed by atoms with Gasteiger partial charge in [0.05, 0.1) is 23.6 Å². The number of benzene rings is 1. The molecule has 0 bridgehead atoms. The Balaban J connectivity index is 1.84. The molecule has 2 atom stereocenters. The molecule has 1 aliphatic rings. The van der Waals surface area contributed by atoms with Crippen LogP contribution in [0.15, 0.2) is 37.7 Å². The predicted molar refractivity (Wildman–Crippen MR) is 122 cm³/mol. The molecular formula is C21H27N5O4S. The lowest BCUT2D eigenvalue weighted by molar-refractivity contribution is 0.0960. The molecule has 0 saturated heterocycles. The Labute approximate surface area is 183 Å². The Morgan fingerprint density at radius 2 is 1.97 bits per heavy atom. The predicted octanol–water partition coefficient (Wildman–Crippen LogP) is 3.32. The molecule has 1 aromatic carbocycles. The number of anilines is 1. The van der Waals surface area contributed by atoms with E-state index in [1.54, 1.807) is 25.3 Å². The second-order valence-electron chi connectivity index (χ2n) is 7.51. The van der Waals surface area contributed by atoms with Gasteiger partial charge in [-0.1, -0.05) is 26.8 Å². The fraction of sp³-hybridized carbons (Fsp3) is 0.381. The number of amidine groups is 2. The maximum Gasteiger partial charge on any atom is 0.269 e. The summed E-state index contributed by atoms with van der Waals surface area (Å²) in [5.74, 6) is 0.935. The molecule has 0 radical (unpaired) electrons. The first kappa shape index (κ1) is 22.5. The van der Waals surface area contributed by atoms with Crippen molar-refractivity contribution in [3.8, 4) is 5.75 Å². The van der Waals surface area contributed by atoms with Crippen molar-refractivity contribution in [2.45, 2.75) is 46.1 Å². The molecule has 1 unspecified atom stereocenters. The van der Waals surface area contributed by atoms with E-state index in [2.05, 4.69) is 38.6 Å². The fourth-order valence-corrected chi connectivity index (χ4v) is 3.79. The van der Waals surface area contributed by atoms with Crippen LogP contribution in [0.1, 0.15) is 66.4 Å². The first-order valence-electron chi connectivity index (χ1n) is 10.0. The van der Waals surface area contributed by atoms with Gasteiger partial charge in [-0.15, -0.1) is 8.80 Å². The van der Waals surface area contributed by atoms with Crippen LogP contribution in [0, 0.1) is 6.92 Å². The van der Waals surface area contributed by atoms with E-state index in [-0.39, 0.29) is 34.7 Å². The summed E-state index contributed by atoms with van der Waals surface area (Å²) in [7, 11) is 1.49. The first-order chi connectivity index (χ1) is 14.7. The summed E-state index contributed by atoms with van der Waals surface area (Å²) in [6.07, 6.45) is 2.43. The summed E-state index contributed by atoms with van der Waals surface area (Å²) in [5, 5.41) is 19.3. The van der Waals surface area contributed by atoms with Crippen LogP contribution in [0.3, 0.4) is 0 Å².